The van der Waals surface area contributed by atoms with Gasteiger partial charge in [0.05, 0.1) is 13.0 Å². The van der Waals surface area contributed by atoms with E-state index in [2.05, 4.69) is 16.0 Å². The summed E-state index contributed by atoms with van der Waals surface area (Å²) in [6.07, 6.45) is -0.474. The molecule has 0 bridgehead atoms. The molecule has 174 valence electrons. The lowest BCUT2D eigenvalue weighted by molar-refractivity contribution is -0.137. The first-order valence-corrected chi connectivity index (χ1v) is 10.8. The molecule has 3 rings (SSSR count). The number of nitrogens with one attached hydrogen (secondary N) is 3. The minimum atomic E-state index is -1.02. The van der Waals surface area contributed by atoms with Crippen LogP contribution in [0.15, 0.2) is 48.5 Å². The van der Waals surface area contributed by atoms with Crippen LogP contribution in [-0.2, 0) is 19.1 Å². The van der Waals surface area contributed by atoms with Gasteiger partial charge in [-0.15, -0.1) is 0 Å². The van der Waals surface area contributed by atoms with Crippen molar-refractivity contribution in [3.05, 3.63) is 59.7 Å². The molecule has 0 heterocycles. The van der Waals surface area contributed by atoms with Crippen LogP contribution in [0, 0.1) is 0 Å². The zero-order chi connectivity index (χ0) is 23.8. The molecule has 0 unspecified atom stereocenters. The standard InChI is InChI=1S/C24H27N3O6/c1-2-15(11-23(30)31)27-22(29)13-25-21(28)12-26-24(32)33-14-20-18-9-5-3-7-16(18)17-8-4-6-10-19(17)20/h3-10,15,20H,2,11-14H2,1H3,(H,25,28)(H,26,32)(H,27,29)(H,30,31)/t15-/m1/s1. The second kappa shape index (κ2) is 11.1. The Morgan fingerprint density at radius 1 is 0.909 bits per heavy atom. The molecular formula is C24H27N3O6. The third-order valence-corrected chi connectivity index (χ3v) is 5.46. The molecule has 0 fully saturated rings. The van der Waals surface area contributed by atoms with Crippen LogP contribution in [0.4, 0.5) is 4.79 Å². The van der Waals surface area contributed by atoms with Gasteiger partial charge in [0.2, 0.25) is 11.8 Å². The van der Waals surface area contributed by atoms with Gasteiger partial charge in [-0.3, -0.25) is 14.4 Å². The molecular weight excluding hydrogens is 426 g/mol. The topological polar surface area (TPSA) is 134 Å². The highest BCUT2D eigenvalue weighted by atomic mass is 16.5. The van der Waals surface area contributed by atoms with Crippen LogP contribution in [0.2, 0.25) is 0 Å². The monoisotopic (exact) mass is 453 g/mol. The van der Waals surface area contributed by atoms with Crippen molar-refractivity contribution in [3.8, 4) is 11.1 Å². The zero-order valence-electron chi connectivity index (χ0n) is 18.3. The summed E-state index contributed by atoms with van der Waals surface area (Å²) in [6.45, 7) is 1.22. The normalized spacial score (nSPS) is 12.8. The SMILES string of the molecule is CC[C@H](CC(=O)O)NC(=O)CNC(=O)CNC(=O)OCC1c2ccccc2-c2ccccc21. The zero-order valence-corrected chi connectivity index (χ0v) is 18.3. The van der Waals surface area contributed by atoms with E-state index in [0.29, 0.717) is 6.42 Å². The molecule has 0 saturated carbocycles. The smallest absolute Gasteiger partial charge is 0.407 e. The Labute approximate surface area is 191 Å². The first-order valence-electron chi connectivity index (χ1n) is 10.8. The van der Waals surface area contributed by atoms with Crippen LogP contribution < -0.4 is 16.0 Å². The second-order valence-corrected chi connectivity index (χ2v) is 7.73. The molecule has 2 aromatic carbocycles. The molecule has 33 heavy (non-hydrogen) atoms. The number of hydrogen-bond acceptors (Lipinski definition) is 5. The summed E-state index contributed by atoms with van der Waals surface area (Å²) >= 11 is 0. The molecule has 0 saturated heterocycles. The fraction of sp³-hybridized carbons (Fsp3) is 0.333. The van der Waals surface area contributed by atoms with Gasteiger partial charge < -0.3 is 25.8 Å². The lowest BCUT2D eigenvalue weighted by Gasteiger charge is -2.15. The number of aliphatic carboxylic acids is 1. The minimum absolute atomic E-state index is 0.0852. The molecule has 0 spiro atoms. The Kier molecular flexibility index (Phi) is 8.01. The van der Waals surface area contributed by atoms with Crippen LogP contribution in [-0.4, -0.2) is 54.7 Å². The van der Waals surface area contributed by atoms with Gasteiger partial charge in [0.1, 0.15) is 13.2 Å². The third kappa shape index (κ3) is 6.31. The Balaban J connectivity index is 1.42. The predicted molar refractivity (Wildman–Crippen MR) is 121 cm³/mol. The van der Waals surface area contributed by atoms with E-state index >= 15 is 0 Å². The van der Waals surface area contributed by atoms with Crippen molar-refractivity contribution < 1.29 is 29.0 Å². The van der Waals surface area contributed by atoms with Gasteiger partial charge in [-0.05, 0) is 28.7 Å². The van der Waals surface area contributed by atoms with Crippen molar-refractivity contribution in [1.82, 2.24) is 16.0 Å². The first-order chi connectivity index (χ1) is 15.9. The van der Waals surface area contributed by atoms with E-state index in [4.69, 9.17) is 9.84 Å². The van der Waals surface area contributed by atoms with E-state index in [0.717, 1.165) is 22.3 Å². The molecule has 3 amide bonds. The number of carboxylic acids is 1. The van der Waals surface area contributed by atoms with Crippen molar-refractivity contribution in [2.45, 2.75) is 31.7 Å². The van der Waals surface area contributed by atoms with Gasteiger partial charge in [-0.1, -0.05) is 55.5 Å². The summed E-state index contributed by atoms with van der Waals surface area (Å²) in [5.74, 6) is -2.17. The molecule has 1 aliphatic rings. The molecule has 4 N–H and O–H groups in total. The minimum Gasteiger partial charge on any atom is -0.481 e. The second-order valence-electron chi connectivity index (χ2n) is 7.73. The largest absolute Gasteiger partial charge is 0.481 e. The molecule has 0 aromatic heterocycles. The van der Waals surface area contributed by atoms with Crippen molar-refractivity contribution in [1.29, 1.82) is 0 Å². The fourth-order valence-corrected chi connectivity index (χ4v) is 3.83. The van der Waals surface area contributed by atoms with Crippen molar-refractivity contribution in [2.75, 3.05) is 19.7 Å². The number of carboxylic acid groups (broad SMARTS) is 1. The van der Waals surface area contributed by atoms with Crippen molar-refractivity contribution >= 4 is 23.9 Å². The molecule has 9 heteroatoms. The van der Waals surface area contributed by atoms with Gasteiger partial charge in [-0.2, -0.15) is 0 Å². The molecule has 0 radical (unpaired) electrons. The lowest BCUT2D eigenvalue weighted by atomic mass is 9.98. The van der Waals surface area contributed by atoms with Gasteiger partial charge in [-0.25, -0.2) is 4.79 Å². The van der Waals surface area contributed by atoms with Gasteiger partial charge >= 0.3 is 12.1 Å². The molecule has 0 aliphatic heterocycles. The molecule has 1 aliphatic carbocycles. The molecule has 9 nitrogen and oxygen atoms in total. The van der Waals surface area contributed by atoms with E-state index in [9.17, 15) is 19.2 Å². The number of carbonyl (C=O) groups is 4. The first kappa shape index (κ1) is 23.8. The lowest BCUT2D eigenvalue weighted by Crippen LogP contribution is -2.45. The molecule has 2 aromatic rings. The number of amides is 3. The van der Waals surface area contributed by atoms with E-state index in [1.165, 1.54) is 0 Å². The van der Waals surface area contributed by atoms with Crippen LogP contribution in [0.5, 0.6) is 0 Å². The van der Waals surface area contributed by atoms with Crippen LogP contribution in [0.1, 0.15) is 36.8 Å². The van der Waals surface area contributed by atoms with Crippen molar-refractivity contribution in [2.24, 2.45) is 0 Å². The average Bonchev–Trinajstić information content (AvgIpc) is 3.13. The van der Waals surface area contributed by atoms with Crippen molar-refractivity contribution in [3.63, 3.8) is 0 Å². The number of fused-ring (bicyclic) bond motifs is 3. The van der Waals surface area contributed by atoms with Gasteiger partial charge in [0, 0.05) is 12.0 Å². The maximum absolute atomic E-state index is 12.1. The predicted octanol–water partition coefficient (Wildman–Crippen LogP) is 2.01. The Bertz CT molecular complexity index is 993. The Morgan fingerprint density at radius 2 is 1.48 bits per heavy atom. The summed E-state index contributed by atoms with van der Waals surface area (Å²) in [5, 5.41) is 16.1. The van der Waals surface area contributed by atoms with E-state index < -0.39 is 29.9 Å². The number of rotatable bonds is 10. The summed E-state index contributed by atoms with van der Waals surface area (Å²) in [4.78, 5) is 46.6. The van der Waals surface area contributed by atoms with E-state index in [-0.39, 0.29) is 32.0 Å². The van der Waals surface area contributed by atoms with E-state index in [1.807, 2.05) is 48.5 Å². The van der Waals surface area contributed by atoms with Crippen LogP contribution in [0.25, 0.3) is 11.1 Å². The summed E-state index contributed by atoms with van der Waals surface area (Å²) in [6, 6.07) is 15.4. The number of alkyl carbamates (subject to hydrolysis) is 1. The quantitative estimate of drug-likeness (QED) is 0.435. The average molecular weight is 453 g/mol. The van der Waals surface area contributed by atoms with E-state index in [1.54, 1.807) is 6.92 Å². The Morgan fingerprint density at radius 3 is 2.06 bits per heavy atom. The Hall–Kier alpha value is -3.88. The molecule has 1 atom stereocenters. The van der Waals surface area contributed by atoms with Gasteiger partial charge in [0.25, 0.3) is 0 Å². The number of benzene rings is 2. The number of carbonyl (C=O) groups excluding carboxylic acids is 3. The highest BCUT2D eigenvalue weighted by Gasteiger charge is 2.29. The third-order valence-electron chi connectivity index (χ3n) is 5.46. The van der Waals surface area contributed by atoms with Crippen LogP contribution >= 0.6 is 0 Å². The number of hydrogen-bond donors (Lipinski definition) is 4. The highest BCUT2D eigenvalue weighted by Crippen LogP contribution is 2.44. The summed E-state index contributed by atoms with van der Waals surface area (Å²) in [5.41, 5.74) is 4.41. The highest BCUT2D eigenvalue weighted by molar-refractivity contribution is 5.87. The maximum atomic E-state index is 12.1. The fourth-order valence-electron chi connectivity index (χ4n) is 3.83. The van der Waals surface area contributed by atoms with Crippen LogP contribution in [0.3, 0.4) is 0 Å². The summed E-state index contributed by atoms with van der Waals surface area (Å²) in [7, 11) is 0. The maximum Gasteiger partial charge on any atom is 0.407 e. The summed E-state index contributed by atoms with van der Waals surface area (Å²) < 4.78 is 5.35. The number of ether oxygens (including phenoxy) is 1. The van der Waals surface area contributed by atoms with Gasteiger partial charge in [0.15, 0.2) is 0 Å².